The fourth-order valence-electron chi connectivity index (χ4n) is 2.73. The van der Waals surface area contributed by atoms with Crippen LogP contribution in [0.3, 0.4) is 0 Å². The summed E-state index contributed by atoms with van der Waals surface area (Å²) in [5.41, 5.74) is 2.51. The van der Waals surface area contributed by atoms with Crippen LogP contribution in [-0.4, -0.2) is 30.8 Å². The van der Waals surface area contributed by atoms with E-state index in [9.17, 15) is 4.79 Å². The Morgan fingerprint density at radius 2 is 2.25 bits per heavy atom. The summed E-state index contributed by atoms with van der Waals surface area (Å²) >= 11 is 0. The molecule has 88 valence electrons. The number of aldehydes is 1. The topological polar surface area (TPSA) is 20.3 Å². The quantitative estimate of drug-likeness (QED) is 0.536. The highest BCUT2D eigenvalue weighted by Gasteiger charge is 2.31. The zero-order chi connectivity index (χ0) is 11.8. The summed E-state index contributed by atoms with van der Waals surface area (Å²) in [6, 6.07) is 0. The van der Waals surface area contributed by atoms with Crippen molar-refractivity contribution in [1.82, 2.24) is 4.90 Å². The molecule has 0 saturated carbocycles. The average Bonchev–Trinajstić information content (AvgIpc) is 2.09. The van der Waals surface area contributed by atoms with Crippen LogP contribution >= 0.6 is 0 Å². The minimum atomic E-state index is -0.0337. The van der Waals surface area contributed by atoms with Crippen molar-refractivity contribution < 1.29 is 4.79 Å². The van der Waals surface area contributed by atoms with Gasteiger partial charge in [0.15, 0.2) is 0 Å². The van der Waals surface area contributed by atoms with Crippen LogP contribution in [0, 0.1) is 11.3 Å². The second-order valence-corrected chi connectivity index (χ2v) is 5.79. The van der Waals surface area contributed by atoms with Gasteiger partial charge in [0.1, 0.15) is 6.29 Å². The first kappa shape index (κ1) is 11.6. The number of hydrogen-bond acceptors (Lipinski definition) is 2. The van der Waals surface area contributed by atoms with Crippen molar-refractivity contribution in [1.29, 1.82) is 0 Å². The van der Waals surface area contributed by atoms with Crippen molar-refractivity contribution in [2.75, 3.05) is 19.6 Å². The standard InChI is InChI=1S/C14H21NO/c1-11-7-14(2,3)8-12(13(11)10-16)9-15-5-4-6-15/h8,10,13H,1,4-7,9H2,2-3H3. The lowest BCUT2D eigenvalue weighted by Crippen LogP contribution is -2.40. The predicted molar refractivity (Wildman–Crippen MR) is 66.2 cm³/mol. The Kier molecular flexibility index (Phi) is 3.02. The normalized spacial score (nSPS) is 29.5. The largest absolute Gasteiger partial charge is 0.302 e. The van der Waals surface area contributed by atoms with Crippen molar-refractivity contribution in [3.05, 3.63) is 23.8 Å². The molecule has 1 aliphatic heterocycles. The number of allylic oxidation sites excluding steroid dienone is 2. The first-order chi connectivity index (χ1) is 7.52. The second kappa shape index (κ2) is 4.17. The van der Waals surface area contributed by atoms with Crippen molar-refractivity contribution in [3.8, 4) is 0 Å². The fraction of sp³-hybridized carbons (Fsp3) is 0.643. The molecule has 1 unspecified atom stereocenters. The zero-order valence-corrected chi connectivity index (χ0v) is 10.3. The van der Waals surface area contributed by atoms with Gasteiger partial charge in [-0.3, -0.25) is 4.90 Å². The third kappa shape index (κ3) is 2.27. The summed E-state index contributed by atoms with van der Waals surface area (Å²) in [5.74, 6) is -0.0337. The summed E-state index contributed by atoms with van der Waals surface area (Å²) in [4.78, 5) is 13.6. The molecule has 1 atom stereocenters. The molecule has 0 aromatic heterocycles. The number of carbonyl (C=O) groups is 1. The van der Waals surface area contributed by atoms with Crippen molar-refractivity contribution in [2.24, 2.45) is 11.3 Å². The van der Waals surface area contributed by atoms with Gasteiger partial charge in [-0.15, -0.1) is 0 Å². The third-order valence-corrected chi connectivity index (χ3v) is 3.59. The maximum Gasteiger partial charge on any atom is 0.131 e. The summed E-state index contributed by atoms with van der Waals surface area (Å²) in [5, 5.41) is 0. The molecule has 16 heavy (non-hydrogen) atoms. The minimum absolute atomic E-state index is 0.0337. The number of likely N-dealkylation sites (tertiary alicyclic amines) is 1. The van der Waals surface area contributed by atoms with E-state index in [4.69, 9.17) is 0 Å². The Morgan fingerprint density at radius 3 is 2.75 bits per heavy atom. The monoisotopic (exact) mass is 219 g/mol. The maximum atomic E-state index is 11.2. The van der Waals surface area contributed by atoms with Crippen LogP contribution in [0.25, 0.3) is 0 Å². The molecule has 2 rings (SSSR count). The predicted octanol–water partition coefficient (Wildman–Crippen LogP) is 2.42. The summed E-state index contributed by atoms with van der Waals surface area (Å²) in [6.45, 7) is 11.8. The molecule has 0 amide bonds. The van der Waals surface area contributed by atoms with Crippen LogP contribution in [0.1, 0.15) is 26.7 Å². The second-order valence-electron chi connectivity index (χ2n) is 5.79. The van der Waals surface area contributed by atoms with E-state index in [2.05, 4.69) is 31.4 Å². The molecule has 2 nitrogen and oxygen atoms in total. The van der Waals surface area contributed by atoms with E-state index < -0.39 is 0 Å². The van der Waals surface area contributed by atoms with Gasteiger partial charge in [0, 0.05) is 6.54 Å². The molecular formula is C14H21NO. The summed E-state index contributed by atoms with van der Waals surface area (Å²) in [7, 11) is 0. The number of hydrogen-bond donors (Lipinski definition) is 0. The Bertz CT molecular complexity index is 337. The first-order valence-electron chi connectivity index (χ1n) is 6.09. The Hall–Kier alpha value is -0.890. The molecule has 0 radical (unpaired) electrons. The fourth-order valence-corrected chi connectivity index (χ4v) is 2.73. The van der Waals surface area contributed by atoms with Crippen molar-refractivity contribution >= 4 is 6.29 Å². The number of carbonyl (C=O) groups excluding carboxylic acids is 1. The molecule has 0 spiro atoms. The smallest absolute Gasteiger partial charge is 0.131 e. The van der Waals surface area contributed by atoms with E-state index in [0.29, 0.717) is 0 Å². The average molecular weight is 219 g/mol. The van der Waals surface area contributed by atoms with Gasteiger partial charge in [0.2, 0.25) is 0 Å². The molecule has 0 bridgehead atoms. The van der Waals surface area contributed by atoms with E-state index in [1.54, 1.807) is 0 Å². The summed E-state index contributed by atoms with van der Waals surface area (Å²) < 4.78 is 0. The highest BCUT2D eigenvalue weighted by molar-refractivity contribution is 5.65. The van der Waals surface area contributed by atoms with Crippen LogP contribution in [0.5, 0.6) is 0 Å². The number of rotatable bonds is 3. The van der Waals surface area contributed by atoms with Crippen molar-refractivity contribution in [2.45, 2.75) is 26.7 Å². The first-order valence-corrected chi connectivity index (χ1v) is 6.09. The molecular weight excluding hydrogens is 198 g/mol. The highest BCUT2D eigenvalue weighted by atomic mass is 16.1. The molecule has 0 aromatic rings. The van der Waals surface area contributed by atoms with E-state index in [-0.39, 0.29) is 11.3 Å². The SMILES string of the molecule is C=C1CC(C)(C)C=C(CN2CCC2)C1C=O. The van der Waals surface area contributed by atoms with Gasteiger partial charge in [-0.05, 0) is 36.9 Å². The molecule has 1 aliphatic carbocycles. The minimum Gasteiger partial charge on any atom is -0.302 e. The Balaban J connectivity index is 2.18. The molecule has 1 heterocycles. The van der Waals surface area contributed by atoms with Gasteiger partial charge in [-0.2, -0.15) is 0 Å². The molecule has 0 aromatic carbocycles. The molecule has 2 aliphatic rings. The molecule has 1 saturated heterocycles. The van der Waals surface area contributed by atoms with Gasteiger partial charge in [0.05, 0.1) is 5.92 Å². The van der Waals surface area contributed by atoms with Crippen LogP contribution in [0.4, 0.5) is 0 Å². The lowest BCUT2D eigenvalue weighted by atomic mass is 9.72. The highest BCUT2D eigenvalue weighted by Crippen LogP contribution is 2.39. The van der Waals surface area contributed by atoms with Gasteiger partial charge >= 0.3 is 0 Å². The van der Waals surface area contributed by atoms with E-state index in [0.717, 1.165) is 24.8 Å². The van der Waals surface area contributed by atoms with E-state index in [1.807, 2.05) is 0 Å². The molecule has 0 N–H and O–H groups in total. The van der Waals surface area contributed by atoms with Crippen LogP contribution < -0.4 is 0 Å². The maximum absolute atomic E-state index is 11.2. The third-order valence-electron chi connectivity index (χ3n) is 3.59. The lowest BCUT2D eigenvalue weighted by Gasteiger charge is -2.38. The van der Waals surface area contributed by atoms with Gasteiger partial charge in [-0.1, -0.05) is 32.1 Å². The van der Waals surface area contributed by atoms with E-state index >= 15 is 0 Å². The van der Waals surface area contributed by atoms with Crippen LogP contribution in [-0.2, 0) is 4.79 Å². The van der Waals surface area contributed by atoms with Gasteiger partial charge in [0.25, 0.3) is 0 Å². The van der Waals surface area contributed by atoms with Crippen molar-refractivity contribution in [3.63, 3.8) is 0 Å². The Labute approximate surface area is 98.0 Å². The summed E-state index contributed by atoms with van der Waals surface area (Å²) in [6.07, 6.45) is 5.57. The van der Waals surface area contributed by atoms with Gasteiger partial charge < -0.3 is 4.79 Å². The van der Waals surface area contributed by atoms with Crippen LogP contribution in [0.15, 0.2) is 23.8 Å². The lowest BCUT2D eigenvalue weighted by molar-refractivity contribution is -0.109. The molecule has 1 fully saturated rings. The van der Waals surface area contributed by atoms with Gasteiger partial charge in [-0.25, -0.2) is 0 Å². The van der Waals surface area contributed by atoms with Crippen LogP contribution in [0.2, 0.25) is 0 Å². The number of nitrogens with zero attached hydrogens (tertiary/aromatic N) is 1. The Morgan fingerprint density at radius 1 is 1.56 bits per heavy atom. The molecule has 2 heteroatoms. The van der Waals surface area contributed by atoms with E-state index in [1.165, 1.54) is 25.1 Å². The zero-order valence-electron chi connectivity index (χ0n) is 10.3.